The molecule has 0 aliphatic carbocycles. The third kappa shape index (κ3) is 3.06. The minimum Gasteiger partial charge on any atom is -0.398 e. The van der Waals surface area contributed by atoms with Crippen LogP contribution in [0, 0.1) is 0 Å². The molecule has 21 heavy (non-hydrogen) atoms. The van der Waals surface area contributed by atoms with Gasteiger partial charge in [-0.2, -0.15) is 0 Å². The zero-order chi connectivity index (χ0) is 14.8. The van der Waals surface area contributed by atoms with Gasteiger partial charge in [-0.1, -0.05) is 12.1 Å². The Morgan fingerprint density at radius 1 is 1.29 bits per heavy atom. The molecule has 3 rings (SSSR count). The lowest BCUT2D eigenvalue weighted by molar-refractivity contribution is 0.0951. The van der Waals surface area contributed by atoms with Crippen molar-refractivity contribution in [3.05, 3.63) is 57.5 Å². The minimum atomic E-state index is -0.144. The van der Waals surface area contributed by atoms with E-state index < -0.39 is 0 Å². The van der Waals surface area contributed by atoms with Crippen LogP contribution in [0.15, 0.2) is 46.9 Å². The molecule has 0 fully saturated rings. The van der Waals surface area contributed by atoms with Crippen LogP contribution >= 0.6 is 27.3 Å². The summed E-state index contributed by atoms with van der Waals surface area (Å²) in [5, 5.41) is 3.76. The predicted molar refractivity (Wildman–Crippen MR) is 89.3 cm³/mol. The number of carbonyl (C=O) groups excluding carboxylic acids is 1. The van der Waals surface area contributed by atoms with Gasteiger partial charge in [-0.25, -0.2) is 4.98 Å². The Bertz CT molecular complexity index is 783. The van der Waals surface area contributed by atoms with Crippen LogP contribution in [0.2, 0.25) is 0 Å². The van der Waals surface area contributed by atoms with Gasteiger partial charge in [0.05, 0.1) is 16.8 Å². The van der Waals surface area contributed by atoms with E-state index in [4.69, 9.17) is 5.73 Å². The maximum Gasteiger partial charge on any atom is 0.251 e. The maximum absolute atomic E-state index is 12.1. The lowest BCUT2D eigenvalue weighted by atomic mass is 10.2. The standard InChI is InChI=1S/C15H12BrN3OS/c16-10-7-9(5-6-11(10)17)15(20)18-8-14-19-12-3-1-2-4-13(12)21-14/h1-7H,8,17H2,(H,18,20). The van der Waals surface area contributed by atoms with E-state index in [1.54, 1.807) is 29.5 Å². The molecule has 0 saturated heterocycles. The van der Waals surface area contributed by atoms with E-state index in [0.29, 0.717) is 17.8 Å². The average Bonchev–Trinajstić information content (AvgIpc) is 2.90. The third-order valence-electron chi connectivity index (χ3n) is 3.00. The maximum atomic E-state index is 12.1. The van der Waals surface area contributed by atoms with E-state index in [1.165, 1.54) is 0 Å². The Morgan fingerprint density at radius 2 is 2.10 bits per heavy atom. The fourth-order valence-electron chi connectivity index (χ4n) is 1.92. The van der Waals surface area contributed by atoms with E-state index in [9.17, 15) is 4.79 Å². The van der Waals surface area contributed by atoms with E-state index in [1.807, 2.05) is 24.3 Å². The van der Waals surface area contributed by atoms with Gasteiger partial charge in [-0.05, 0) is 46.3 Å². The van der Waals surface area contributed by atoms with Crippen molar-refractivity contribution in [2.75, 3.05) is 5.73 Å². The van der Waals surface area contributed by atoms with Crippen molar-refractivity contribution >= 4 is 49.1 Å². The van der Waals surface area contributed by atoms with Crippen LogP contribution in [0.4, 0.5) is 5.69 Å². The van der Waals surface area contributed by atoms with Gasteiger partial charge in [0.2, 0.25) is 0 Å². The molecule has 0 unspecified atom stereocenters. The number of anilines is 1. The van der Waals surface area contributed by atoms with Crippen molar-refractivity contribution in [1.29, 1.82) is 0 Å². The summed E-state index contributed by atoms with van der Waals surface area (Å²) < 4.78 is 1.84. The Balaban J connectivity index is 1.71. The molecule has 106 valence electrons. The van der Waals surface area contributed by atoms with Gasteiger partial charge in [-0.3, -0.25) is 4.79 Å². The zero-order valence-electron chi connectivity index (χ0n) is 11.0. The number of para-hydroxylation sites is 1. The largest absolute Gasteiger partial charge is 0.398 e. The van der Waals surface area contributed by atoms with E-state index in [-0.39, 0.29) is 5.91 Å². The van der Waals surface area contributed by atoms with Gasteiger partial charge < -0.3 is 11.1 Å². The first-order valence-corrected chi connectivity index (χ1v) is 7.92. The summed E-state index contributed by atoms with van der Waals surface area (Å²) in [6, 6.07) is 13.0. The molecular weight excluding hydrogens is 350 g/mol. The van der Waals surface area contributed by atoms with Gasteiger partial charge in [0.25, 0.3) is 5.91 Å². The fourth-order valence-corrected chi connectivity index (χ4v) is 3.21. The summed E-state index contributed by atoms with van der Waals surface area (Å²) >= 11 is 4.90. The number of hydrogen-bond acceptors (Lipinski definition) is 4. The molecule has 6 heteroatoms. The van der Waals surface area contributed by atoms with Crippen LogP contribution in [0.25, 0.3) is 10.2 Å². The highest BCUT2D eigenvalue weighted by molar-refractivity contribution is 9.10. The van der Waals surface area contributed by atoms with Gasteiger partial charge in [0, 0.05) is 15.7 Å². The second-order valence-electron chi connectivity index (χ2n) is 4.49. The molecule has 0 aliphatic rings. The number of carbonyl (C=O) groups is 1. The van der Waals surface area contributed by atoms with Crippen LogP contribution in [0.5, 0.6) is 0 Å². The molecular formula is C15H12BrN3OS. The molecule has 0 bridgehead atoms. The number of rotatable bonds is 3. The quantitative estimate of drug-likeness (QED) is 0.700. The Labute approximate surface area is 134 Å². The molecule has 0 atom stereocenters. The molecule has 3 N–H and O–H groups in total. The van der Waals surface area contributed by atoms with Crippen LogP contribution in [-0.4, -0.2) is 10.9 Å². The first kappa shape index (κ1) is 14.0. The van der Waals surface area contributed by atoms with Crippen molar-refractivity contribution in [3.63, 3.8) is 0 Å². The molecule has 3 aromatic rings. The highest BCUT2D eigenvalue weighted by Crippen LogP contribution is 2.22. The fraction of sp³-hybridized carbons (Fsp3) is 0.0667. The summed E-state index contributed by atoms with van der Waals surface area (Å²) in [6.45, 7) is 0.417. The van der Waals surface area contributed by atoms with Crippen LogP contribution in [0.1, 0.15) is 15.4 Å². The number of nitrogens with two attached hydrogens (primary N) is 1. The number of halogens is 1. The molecule has 0 aliphatic heterocycles. The summed E-state index contributed by atoms with van der Waals surface area (Å²) in [5.74, 6) is -0.144. The zero-order valence-corrected chi connectivity index (χ0v) is 13.4. The number of thiazole rings is 1. The van der Waals surface area contributed by atoms with Gasteiger partial charge in [-0.15, -0.1) is 11.3 Å². The molecule has 0 radical (unpaired) electrons. The number of fused-ring (bicyclic) bond motifs is 1. The number of nitrogen functional groups attached to an aromatic ring is 1. The van der Waals surface area contributed by atoms with Crippen LogP contribution in [0.3, 0.4) is 0 Å². The van der Waals surface area contributed by atoms with Crippen LogP contribution < -0.4 is 11.1 Å². The molecule has 1 aromatic heterocycles. The minimum absolute atomic E-state index is 0.144. The van der Waals surface area contributed by atoms with E-state index in [0.717, 1.165) is 19.7 Å². The highest BCUT2D eigenvalue weighted by Gasteiger charge is 2.09. The van der Waals surface area contributed by atoms with Crippen molar-refractivity contribution in [3.8, 4) is 0 Å². The smallest absolute Gasteiger partial charge is 0.251 e. The molecule has 1 amide bonds. The second-order valence-corrected chi connectivity index (χ2v) is 6.46. The van der Waals surface area contributed by atoms with Crippen molar-refractivity contribution in [1.82, 2.24) is 10.3 Å². The number of nitrogens with one attached hydrogen (secondary N) is 1. The van der Waals surface area contributed by atoms with Crippen molar-refractivity contribution in [2.45, 2.75) is 6.54 Å². The number of benzene rings is 2. The Kier molecular flexibility index (Phi) is 3.90. The first-order chi connectivity index (χ1) is 10.1. The normalized spacial score (nSPS) is 10.7. The topological polar surface area (TPSA) is 68.0 Å². The van der Waals surface area contributed by atoms with E-state index in [2.05, 4.69) is 26.2 Å². The first-order valence-electron chi connectivity index (χ1n) is 6.31. The SMILES string of the molecule is Nc1ccc(C(=O)NCc2nc3ccccc3s2)cc1Br. The molecule has 1 heterocycles. The predicted octanol–water partition coefficient (Wildman–Crippen LogP) is 3.57. The van der Waals surface area contributed by atoms with Gasteiger partial charge in [0.1, 0.15) is 5.01 Å². The van der Waals surface area contributed by atoms with Crippen molar-refractivity contribution in [2.24, 2.45) is 0 Å². The second kappa shape index (κ2) is 5.83. The summed E-state index contributed by atoms with van der Waals surface area (Å²) in [5.41, 5.74) is 7.85. The highest BCUT2D eigenvalue weighted by atomic mass is 79.9. The van der Waals surface area contributed by atoms with Crippen molar-refractivity contribution < 1.29 is 4.79 Å². The Morgan fingerprint density at radius 3 is 2.86 bits per heavy atom. The number of amides is 1. The number of hydrogen-bond donors (Lipinski definition) is 2. The summed E-state index contributed by atoms with van der Waals surface area (Å²) in [6.07, 6.45) is 0. The number of nitrogens with zero attached hydrogens (tertiary/aromatic N) is 1. The summed E-state index contributed by atoms with van der Waals surface area (Å²) in [4.78, 5) is 16.6. The van der Waals surface area contributed by atoms with Gasteiger partial charge >= 0.3 is 0 Å². The van der Waals surface area contributed by atoms with Crippen LogP contribution in [-0.2, 0) is 6.54 Å². The van der Waals surface area contributed by atoms with Gasteiger partial charge in [0.15, 0.2) is 0 Å². The molecule has 0 spiro atoms. The third-order valence-corrected chi connectivity index (χ3v) is 4.72. The van der Waals surface area contributed by atoms with E-state index >= 15 is 0 Å². The monoisotopic (exact) mass is 361 g/mol. The molecule has 0 saturated carbocycles. The lowest BCUT2D eigenvalue weighted by Gasteiger charge is -2.05. The average molecular weight is 362 g/mol. The Hall–Kier alpha value is -1.92. The summed E-state index contributed by atoms with van der Waals surface area (Å²) in [7, 11) is 0. The number of aromatic nitrogens is 1. The molecule has 2 aromatic carbocycles. The molecule has 4 nitrogen and oxygen atoms in total. The lowest BCUT2D eigenvalue weighted by Crippen LogP contribution is -2.22.